The third kappa shape index (κ3) is 3.47. The highest BCUT2D eigenvalue weighted by Gasteiger charge is 2.11. The van der Waals surface area contributed by atoms with Crippen LogP contribution < -0.4 is 5.32 Å². The van der Waals surface area contributed by atoms with Crippen molar-refractivity contribution in [2.24, 2.45) is 0 Å². The highest BCUT2D eigenvalue weighted by molar-refractivity contribution is 7.98. The lowest BCUT2D eigenvalue weighted by molar-refractivity contribution is 0.102. The third-order valence-corrected chi connectivity index (χ3v) is 4.53. The quantitative estimate of drug-likeness (QED) is 0.682. The summed E-state index contributed by atoms with van der Waals surface area (Å²) in [7, 11) is 0. The van der Waals surface area contributed by atoms with Crippen LogP contribution in [0.15, 0.2) is 60.0 Å². The van der Waals surface area contributed by atoms with Crippen LogP contribution in [-0.4, -0.2) is 21.7 Å². The van der Waals surface area contributed by atoms with E-state index in [0.717, 1.165) is 16.4 Å². The van der Waals surface area contributed by atoms with Gasteiger partial charge in [0.25, 0.3) is 5.91 Å². The van der Waals surface area contributed by atoms with E-state index in [-0.39, 0.29) is 5.91 Å². The lowest BCUT2D eigenvalue weighted by Crippen LogP contribution is -2.12. The summed E-state index contributed by atoms with van der Waals surface area (Å²) in [5, 5.41) is 4.25. The summed E-state index contributed by atoms with van der Waals surface area (Å²) in [5.41, 5.74) is 3.10. The molecule has 24 heavy (non-hydrogen) atoms. The second-order valence-corrected chi connectivity index (χ2v) is 6.45. The molecule has 0 unspecified atom stereocenters. The molecule has 0 aliphatic carbocycles. The van der Waals surface area contributed by atoms with Gasteiger partial charge in [-0.3, -0.25) is 9.36 Å². The third-order valence-electron chi connectivity index (χ3n) is 3.55. The number of anilines is 1. The van der Waals surface area contributed by atoms with E-state index in [2.05, 4.69) is 10.3 Å². The molecule has 0 fully saturated rings. The van der Waals surface area contributed by atoms with Gasteiger partial charge in [0.15, 0.2) is 5.16 Å². The predicted molar refractivity (Wildman–Crippen MR) is 99.5 cm³/mol. The Bertz CT molecular complexity index is 891. The number of thioether (sulfide) groups is 1. The van der Waals surface area contributed by atoms with Crippen LogP contribution in [0.2, 0.25) is 5.02 Å². The molecule has 0 bridgehead atoms. The van der Waals surface area contributed by atoms with Crippen LogP contribution in [0.4, 0.5) is 5.69 Å². The number of nitrogens with zero attached hydrogens (tertiary/aromatic N) is 2. The van der Waals surface area contributed by atoms with E-state index in [1.165, 1.54) is 0 Å². The first-order valence-electron chi connectivity index (χ1n) is 7.34. The number of hydrogen-bond donors (Lipinski definition) is 1. The minimum atomic E-state index is -0.201. The van der Waals surface area contributed by atoms with Gasteiger partial charge in [-0.1, -0.05) is 35.5 Å². The van der Waals surface area contributed by atoms with Crippen LogP contribution in [0, 0.1) is 6.92 Å². The summed E-state index contributed by atoms with van der Waals surface area (Å²) < 4.78 is 1.94. The molecule has 0 saturated heterocycles. The standard InChI is InChI=1S/C18H16ClN3OS/c1-12-6-7-16(15(19)10-12)21-17(23)13-4-3-5-14(11-13)22-9-8-20-18(22)24-2/h3-11H,1-2H3,(H,21,23). The second-order valence-electron chi connectivity index (χ2n) is 5.27. The van der Waals surface area contributed by atoms with Gasteiger partial charge in [-0.2, -0.15) is 0 Å². The number of halogens is 1. The van der Waals surface area contributed by atoms with E-state index in [9.17, 15) is 4.79 Å². The van der Waals surface area contributed by atoms with E-state index < -0.39 is 0 Å². The SMILES string of the molecule is CSc1nccn1-c1cccc(C(=O)Nc2ccc(C)cc2Cl)c1. The maximum absolute atomic E-state index is 12.5. The lowest BCUT2D eigenvalue weighted by atomic mass is 10.1. The van der Waals surface area contributed by atoms with Crippen molar-refractivity contribution < 1.29 is 4.79 Å². The molecule has 0 atom stereocenters. The van der Waals surface area contributed by atoms with Gasteiger partial charge >= 0.3 is 0 Å². The van der Waals surface area contributed by atoms with Crippen molar-refractivity contribution in [1.29, 1.82) is 0 Å². The average molecular weight is 358 g/mol. The van der Waals surface area contributed by atoms with Crippen LogP contribution in [-0.2, 0) is 0 Å². The molecule has 1 N–H and O–H groups in total. The normalized spacial score (nSPS) is 10.6. The van der Waals surface area contributed by atoms with Gasteiger partial charge in [0.1, 0.15) is 0 Å². The smallest absolute Gasteiger partial charge is 0.255 e. The van der Waals surface area contributed by atoms with Crippen molar-refractivity contribution in [3.8, 4) is 5.69 Å². The molecule has 0 aliphatic rings. The van der Waals surface area contributed by atoms with Gasteiger partial charge in [-0.05, 0) is 49.1 Å². The van der Waals surface area contributed by atoms with Crippen LogP contribution in [0.1, 0.15) is 15.9 Å². The summed E-state index contributed by atoms with van der Waals surface area (Å²) in [5.74, 6) is -0.201. The van der Waals surface area contributed by atoms with Gasteiger partial charge in [0.05, 0.1) is 10.7 Å². The van der Waals surface area contributed by atoms with Crippen molar-refractivity contribution in [2.75, 3.05) is 11.6 Å². The highest BCUT2D eigenvalue weighted by atomic mass is 35.5. The van der Waals surface area contributed by atoms with Crippen LogP contribution >= 0.6 is 23.4 Å². The number of benzene rings is 2. The molecule has 1 aromatic heterocycles. The maximum Gasteiger partial charge on any atom is 0.255 e. The van der Waals surface area contributed by atoms with E-state index >= 15 is 0 Å². The number of nitrogens with one attached hydrogen (secondary N) is 1. The average Bonchev–Trinajstić information content (AvgIpc) is 3.06. The minimum absolute atomic E-state index is 0.201. The fourth-order valence-electron chi connectivity index (χ4n) is 2.35. The Balaban J connectivity index is 1.87. The van der Waals surface area contributed by atoms with Gasteiger partial charge in [-0.25, -0.2) is 4.98 Å². The molecule has 1 amide bonds. The molecule has 122 valence electrons. The summed E-state index contributed by atoms with van der Waals surface area (Å²) in [6.07, 6.45) is 5.58. The molecule has 6 heteroatoms. The molecule has 0 aliphatic heterocycles. The largest absolute Gasteiger partial charge is 0.321 e. The molecule has 2 aromatic carbocycles. The number of rotatable bonds is 4. The first-order chi connectivity index (χ1) is 11.6. The number of imidazole rings is 1. The zero-order valence-corrected chi connectivity index (χ0v) is 14.9. The van der Waals surface area contributed by atoms with Crippen molar-refractivity contribution in [1.82, 2.24) is 9.55 Å². The molecule has 4 nitrogen and oxygen atoms in total. The van der Waals surface area contributed by atoms with E-state index in [0.29, 0.717) is 16.3 Å². The zero-order valence-electron chi connectivity index (χ0n) is 13.3. The molecule has 3 aromatic rings. The number of carbonyl (C=O) groups is 1. The van der Waals surface area contributed by atoms with Crippen molar-refractivity contribution in [3.63, 3.8) is 0 Å². The summed E-state index contributed by atoms with van der Waals surface area (Å²) in [4.78, 5) is 16.8. The van der Waals surface area contributed by atoms with Crippen LogP contribution in [0.25, 0.3) is 5.69 Å². The molecule has 0 spiro atoms. The number of carbonyl (C=O) groups excluding carboxylic acids is 1. The summed E-state index contributed by atoms with van der Waals surface area (Å²) in [6, 6.07) is 12.9. The topological polar surface area (TPSA) is 46.9 Å². The number of aromatic nitrogens is 2. The van der Waals surface area contributed by atoms with E-state index in [4.69, 9.17) is 11.6 Å². The Hall–Kier alpha value is -2.24. The number of amides is 1. The van der Waals surface area contributed by atoms with Crippen LogP contribution in [0.5, 0.6) is 0 Å². The fraction of sp³-hybridized carbons (Fsp3) is 0.111. The number of aryl methyl sites for hydroxylation is 1. The fourth-order valence-corrected chi connectivity index (χ4v) is 3.16. The Morgan fingerprint density at radius 1 is 1.25 bits per heavy atom. The summed E-state index contributed by atoms with van der Waals surface area (Å²) in [6.45, 7) is 1.95. The molecular formula is C18H16ClN3OS. The molecule has 1 heterocycles. The Labute approximate surface area is 149 Å². The Kier molecular flexibility index (Phi) is 4.92. The Morgan fingerprint density at radius 2 is 2.08 bits per heavy atom. The monoisotopic (exact) mass is 357 g/mol. The summed E-state index contributed by atoms with van der Waals surface area (Å²) >= 11 is 7.73. The van der Waals surface area contributed by atoms with Crippen molar-refractivity contribution >= 4 is 35.0 Å². The van der Waals surface area contributed by atoms with Crippen molar-refractivity contribution in [2.45, 2.75) is 12.1 Å². The Morgan fingerprint density at radius 3 is 2.83 bits per heavy atom. The van der Waals surface area contributed by atoms with Gasteiger partial charge in [0, 0.05) is 23.6 Å². The van der Waals surface area contributed by atoms with E-state index in [1.54, 1.807) is 30.1 Å². The van der Waals surface area contributed by atoms with E-state index in [1.807, 2.05) is 54.3 Å². The first kappa shape index (κ1) is 16.6. The predicted octanol–water partition coefficient (Wildman–Crippen LogP) is 4.81. The van der Waals surface area contributed by atoms with Crippen LogP contribution in [0.3, 0.4) is 0 Å². The lowest BCUT2D eigenvalue weighted by Gasteiger charge is -2.10. The maximum atomic E-state index is 12.5. The minimum Gasteiger partial charge on any atom is -0.321 e. The highest BCUT2D eigenvalue weighted by Crippen LogP contribution is 2.24. The van der Waals surface area contributed by atoms with Gasteiger partial charge in [0.2, 0.25) is 0 Å². The van der Waals surface area contributed by atoms with Gasteiger partial charge in [-0.15, -0.1) is 0 Å². The molecule has 3 rings (SSSR count). The molecule has 0 saturated carbocycles. The van der Waals surface area contributed by atoms with Crippen molar-refractivity contribution in [3.05, 3.63) is 71.0 Å². The first-order valence-corrected chi connectivity index (χ1v) is 8.94. The number of hydrogen-bond acceptors (Lipinski definition) is 3. The molecule has 0 radical (unpaired) electrons. The molecular weight excluding hydrogens is 342 g/mol. The van der Waals surface area contributed by atoms with Gasteiger partial charge < -0.3 is 5.32 Å². The zero-order chi connectivity index (χ0) is 17.1. The second kappa shape index (κ2) is 7.11.